The highest BCUT2D eigenvalue weighted by atomic mass is 14.9. The molecular weight excluding hydrogens is 294 g/mol. The van der Waals surface area contributed by atoms with Crippen molar-refractivity contribution in [3.63, 3.8) is 0 Å². The summed E-state index contributed by atoms with van der Waals surface area (Å²) in [5.74, 6) is 0.755. The lowest BCUT2D eigenvalue weighted by Gasteiger charge is -2.08. The van der Waals surface area contributed by atoms with Gasteiger partial charge in [-0.1, -0.05) is 24.3 Å². The number of aromatic nitrogens is 3. The molecule has 0 unspecified atom stereocenters. The molecule has 0 amide bonds. The normalized spacial score (nSPS) is 10.9. The molecule has 0 aliphatic heterocycles. The van der Waals surface area contributed by atoms with Crippen LogP contribution in [0, 0.1) is 6.92 Å². The largest absolute Gasteiger partial charge is 0.237 e. The number of nitrogens with zero attached hydrogens (tertiary/aromatic N) is 3. The molecular formula is C21H18N3+. The second-order valence-corrected chi connectivity index (χ2v) is 5.96. The van der Waals surface area contributed by atoms with Gasteiger partial charge in [-0.2, -0.15) is 0 Å². The van der Waals surface area contributed by atoms with E-state index in [1.54, 1.807) is 12.4 Å². The number of fused-ring (bicyclic) bond motifs is 1. The van der Waals surface area contributed by atoms with Crippen molar-refractivity contribution in [2.45, 2.75) is 6.92 Å². The second-order valence-electron chi connectivity index (χ2n) is 5.96. The van der Waals surface area contributed by atoms with Crippen molar-refractivity contribution < 1.29 is 4.57 Å². The monoisotopic (exact) mass is 312 g/mol. The average molecular weight is 312 g/mol. The number of pyridine rings is 1. The summed E-state index contributed by atoms with van der Waals surface area (Å²) >= 11 is 0. The van der Waals surface area contributed by atoms with Gasteiger partial charge in [0, 0.05) is 29.6 Å². The molecule has 4 rings (SSSR count). The fourth-order valence-corrected chi connectivity index (χ4v) is 3.13. The van der Waals surface area contributed by atoms with Crippen LogP contribution in [0.2, 0.25) is 0 Å². The Kier molecular flexibility index (Phi) is 3.54. The predicted octanol–water partition coefficient (Wildman–Crippen LogP) is 4.10. The van der Waals surface area contributed by atoms with E-state index >= 15 is 0 Å². The molecule has 0 saturated heterocycles. The Morgan fingerprint density at radius 1 is 0.875 bits per heavy atom. The Hall–Kier alpha value is -3.07. The molecule has 0 N–H and O–H groups in total. The zero-order chi connectivity index (χ0) is 16.5. The first-order valence-corrected chi connectivity index (χ1v) is 8.00. The van der Waals surface area contributed by atoms with Crippen molar-refractivity contribution in [2.24, 2.45) is 7.05 Å². The maximum atomic E-state index is 4.35. The van der Waals surface area contributed by atoms with Crippen LogP contribution in [0.4, 0.5) is 0 Å². The van der Waals surface area contributed by atoms with Crippen LogP contribution < -0.4 is 4.57 Å². The van der Waals surface area contributed by atoms with E-state index in [1.807, 2.05) is 6.07 Å². The van der Waals surface area contributed by atoms with Crippen LogP contribution >= 0.6 is 0 Å². The molecule has 4 aromatic rings. The summed E-state index contributed by atoms with van der Waals surface area (Å²) < 4.78 is 2.18. The van der Waals surface area contributed by atoms with Crippen molar-refractivity contribution in [3.05, 3.63) is 78.8 Å². The van der Waals surface area contributed by atoms with Crippen LogP contribution in [0.5, 0.6) is 0 Å². The smallest absolute Gasteiger partial charge is 0.220 e. The van der Waals surface area contributed by atoms with E-state index < -0.39 is 0 Å². The number of hydrogen-bond acceptors (Lipinski definition) is 2. The molecule has 0 fully saturated rings. The van der Waals surface area contributed by atoms with Crippen molar-refractivity contribution >= 4 is 10.8 Å². The first kappa shape index (κ1) is 14.5. The van der Waals surface area contributed by atoms with Crippen LogP contribution in [0.15, 0.2) is 73.2 Å². The molecule has 0 atom stereocenters. The lowest BCUT2D eigenvalue weighted by Crippen LogP contribution is -2.30. The minimum atomic E-state index is 0.755. The number of benzene rings is 2. The molecule has 3 heteroatoms. The summed E-state index contributed by atoms with van der Waals surface area (Å²) in [4.78, 5) is 8.70. The molecule has 3 nitrogen and oxygen atoms in total. The minimum absolute atomic E-state index is 0.755. The van der Waals surface area contributed by atoms with Crippen LogP contribution in [0.3, 0.4) is 0 Å². The van der Waals surface area contributed by atoms with Crippen molar-refractivity contribution in [1.82, 2.24) is 9.97 Å². The Morgan fingerprint density at radius 2 is 1.67 bits per heavy atom. The van der Waals surface area contributed by atoms with Crippen LogP contribution in [-0.4, -0.2) is 9.97 Å². The quantitative estimate of drug-likeness (QED) is 0.522. The number of aryl methyl sites for hydroxylation is 2. The van der Waals surface area contributed by atoms with Gasteiger partial charge in [-0.25, -0.2) is 14.5 Å². The Labute approximate surface area is 141 Å². The maximum Gasteiger partial charge on any atom is 0.220 e. The summed E-state index contributed by atoms with van der Waals surface area (Å²) in [5.41, 5.74) is 4.80. The molecule has 0 spiro atoms. The molecule has 0 aliphatic rings. The molecule has 2 aromatic carbocycles. The van der Waals surface area contributed by atoms with Crippen LogP contribution in [0.1, 0.15) is 5.56 Å². The van der Waals surface area contributed by atoms with Crippen LogP contribution in [0.25, 0.3) is 33.4 Å². The summed E-state index contributed by atoms with van der Waals surface area (Å²) in [6.07, 6.45) is 5.66. The van der Waals surface area contributed by atoms with Gasteiger partial charge in [0.15, 0.2) is 12.0 Å². The SMILES string of the molecule is Cc1ccccc1-c1c2ccc(-c3ncccn3)cc2cc[n+]1C. The fraction of sp³-hybridized carbons (Fsp3) is 0.0952. The average Bonchev–Trinajstić information content (AvgIpc) is 2.63. The van der Waals surface area contributed by atoms with E-state index in [2.05, 4.69) is 83.2 Å². The van der Waals surface area contributed by atoms with E-state index in [-0.39, 0.29) is 0 Å². The third-order valence-electron chi connectivity index (χ3n) is 4.36. The second kappa shape index (κ2) is 5.85. The molecule has 0 aliphatic carbocycles. The molecule has 24 heavy (non-hydrogen) atoms. The first-order valence-electron chi connectivity index (χ1n) is 8.00. The van der Waals surface area contributed by atoms with Gasteiger partial charge >= 0.3 is 0 Å². The summed E-state index contributed by atoms with van der Waals surface area (Å²) in [7, 11) is 2.09. The minimum Gasteiger partial charge on any atom is -0.237 e. The fourth-order valence-electron chi connectivity index (χ4n) is 3.13. The molecule has 0 bridgehead atoms. The topological polar surface area (TPSA) is 29.7 Å². The number of rotatable bonds is 2. The lowest BCUT2D eigenvalue weighted by atomic mass is 9.98. The third-order valence-corrected chi connectivity index (χ3v) is 4.36. The standard InChI is InChI=1S/C21H18N3/c1-15-6-3-4-7-18(15)20-19-9-8-17(21-22-11-5-12-23-21)14-16(19)10-13-24(20)2/h3-14H,1-2H3/q+1. The zero-order valence-electron chi connectivity index (χ0n) is 13.8. The van der Waals surface area contributed by atoms with Crippen LogP contribution in [-0.2, 0) is 7.05 Å². The lowest BCUT2D eigenvalue weighted by molar-refractivity contribution is -0.659. The molecule has 2 heterocycles. The summed E-state index contributed by atoms with van der Waals surface area (Å²) in [6.45, 7) is 2.15. The van der Waals surface area contributed by atoms with Gasteiger partial charge in [-0.3, -0.25) is 0 Å². The van der Waals surface area contributed by atoms with E-state index in [0.717, 1.165) is 11.4 Å². The third kappa shape index (κ3) is 2.44. The van der Waals surface area contributed by atoms with E-state index in [4.69, 9.17) is 0 Å². The summed E-state index contributed by atoms with van der Waals surface area (Å²) in [6, 6.07) is 18.9. The molecule has 0 saturated carbocycles. The van der Waals surface area contributed by atoms with Gasteiger partial charge in [-0.15, -0.1) is 0 Å². The van der Waals surface area contributed by atoms with Gasteiger partial charge in [0.1, 0.15) is 7.05 Å². The predicted molar refractivity (Wildman–Crippen MR) is 96.3 cm³/mol. The zero-order valence-corrected chi connectivity index (χ0v) is 13.8. The van der Waals surface area contributed by atoms with Gasteiger partial charge in [0.2, 0.25) is 5.69 Å². The number of hydrogen-bond donors (Lipinski definition) is 0. The Morgan fingerprint density at radius 3 is 2.46 bits per heavy atom. The maximum absolute atomic E-state index is 4.35. The van der Waals surface area contributed by atoms with E-state index in [0.29, 0.717) is 0 Å². The molecule has 116 valence electrons. The van der Waals surface area contributed by atoms with Crippen molar-refractivity contribution in [2.75, 3.05) is 0 Å². The van der Waals surface area contributed by atoms with Gasteiger partial charge in [-0.05, 0) is 42.1 Å². The first-order chi connectivity index (χ1) is 11.7. The molecule has 0 radical (unpaired) electrons. The van der Waals surface area contributed by atoms with Crippen molar-refractivity contribution in [1.29, 1.82) is 0 Å². The Bertz CT molecular complexity index is 1020. The highest BCUT2D eigenvalue weighted by Crippen LogP contribution is 2.29. The van der Waals surface area contributed by atoms with E-state index in [9.17, 15) is 0 Å². The van der Waals surface area contributed by atoms with E-state index in [1.165, 1.54) is 27.6 Å². The molecule has 2 aromatic heterocycles. The van der Waals surface area contributed by atoms with Gasteiger partial charge in [0.05, 0.1) is 5.39 Å². The van der Waals surface area contributed by atoms with Gasteiger partial charge in [0.25, 0.3) is 0 Å². The Balaban J connectivity index is 1.96. The van der Waals surface area contributed by atoms with Gasteiger partial charge < -0.3 is 0 Å². The highest BCUT2D eigenvalue weighted by molar-refractivity contribution is 5.95. The summed E-state index contributed by atoms with van der Waals surface area (Å²) in [5, 5.41) is 2.42. The highest BCUT2D eigenvalue weighted by Gasteiger charge is 2.17. The van der Waals surface area contributed by atoms with Crippen molar-refractivity contribution in [3.8, 4) is 22.6 Å².